The summed E-state index contributed by atoms with van der Waals surface area (Å²) in [7, 11) is -3.22. The van der Waals surface area contributed by atoms with E-state index in [0.717, 1.165) is 11.8 Å². The molecule has 2 aromatic rings. The van der Waals surface area contributed by atoms with E-state index in [-0.39, 0.29) is 29.8 Å². The van der Waals surface area contributed by atoms with Gasteiger partial charge in [-0.15, -0.1) is 12.4 Å². The molecule has 0 aliphatic carbocycles. The van der Waals surface area contributed by atoms with Crippen molar-refractivity contribution in [3.63, 3.8) is 0 Å². The van der Waals surface area contributed by atoms with Gasteiger partial charge in [-0.25, -0.2) is 8.42 Å². The summed E-state index contributed by atoms with van der Waals surface area (Å²) in [6.07, 6.45) is 1.62. The van der Waals surface area contributed by atoms with Crippen LogP contribution in [0.4, 0.5) is 0 Å². The highest BCUT2D eigenvalue weighted by atomic mass is 35.5. The van der Waals surface area contributed by atoms with Crippen LogP contribution in [0.15, 0.2) is 59.5 Å². The standard InChI is InChI=1S/C18H22N2O4S.ClH/c1-25(22,23)16-9-7-15(8-10-16)24-12-11-20-18(21)17(19)13-14-5-3-2-4-6-14;/h2-10,17H,11-13,19H2,1H3,(H,20,21);1H/t17-;/m0./s1. The molecule has 1 atom stereocenters. The van der Waals surface area contributed by atoms with Crippen LogP contribution in [-0.2, 0) is 21.1 Å². The van der Waals surface area contributed by atoms with Gasteiger partial charge in [-0.3, -0.25) is 4.79 Å². The van der Waals surface area contributed by atoms with Crippen molar-refractivity contribution < 1.29 is 17.9 Å². The van der Waals surface area contributed by atoms with Crippen molar-refractivity contribution in [1.82, 2.24) is 5.32 Å². The second-order valence-corrected chi connectivity index (χ2v) is 7.70. The lowest BCUT2D eigenvalue weighted by molar-refractivity contribution is -0.122. The summed E-state index contributed by atoms with van der Waals surface area (Å²) >= 11 is 0. The number of ether oxygens (including phenoxy) is 1. The van der Waals surface area contributed by atoms with Crippen LogP contribution in [0.1, 0.15) is 5.56 Å². The van der Waals surface area contributed by atoms with Crippen LogP contribution in [0.5, 0.6) is 5.75 Å². The number of amides is 1. The smallest absolute Gasteiger partial charge is 0.237 e. The first-order valence-electron chi connectivity index (χ1n) is 7.86. The van der Waals surface area contributed by atoms with Gasteiger partial charge in [0.1, 0.15) is 12.4 Å². The Kier molecular flexibility index (Phi) is 8.57. The molecule has 6 nitrogen and oxygen atoms in total. The van der Waals surface area contributed by atoms with Crippen LogP contribution in [-0.4, -0.2) is 39.8 Å². The lowest BCUT2D eigenvalue weighted by Crippen LogP contribution is -2.43. The predicted molar refractivity (Wildman–Crippen MR) is 103 cm³/mol. The van der Waals surface area contributed by atoms with E-state index in [0.29, 0.717) is 18.7 Å². The molecule has 0 saturated heterocycles. The van der Waals surface area contributed by atoms with Crippen molar-refractivity contribution in [2.75, 3.05) is 19.4 Å². The molecule has 26 heavy (non-hydrogen) atoms. The topological polar surface area (TPSA) is 98.5 Å². The zero-order chi connectivity index (χ0) is 18.3. The number of halogens is 1. The minimum absolute atomic E-state index is 0. The minimum atomic E-state index is -3.22. The average Bonchev–Trinajstić information content (AvgIpc) is 2.59. The van der Waals surface area contributed by atoms with Crippen molar-refractivity contribution in [3.8, 4) is 5.75 Å². The van der Waals surface area contributed by atoms with Crippen LogP contribution in [0.25, 0.3) is 0 Å². The molecule has 142 valence electrons. The van der Waals surface area contributed by atoms with Crippen molar-refractivity contribution in [2.45, 2.75) is 17.4 Å². The molecular formula is C18H23ClN2O4S. The maximum atomic E-state index is 12.0. The summed E-state index contributed by atoms with van der Waals surface area (Å²) < 4.78 is 28.2. The number of rotatable bonds is 8. The lowest BCUT2D eigenvalue weighted by atomic mass is 10.1. The van der Waals surface area contributed by atoms with Gasteiger partial charge in [-0.1, -0.05) is 30.3 Å². The van der Waals surface area contributed by atoms with Crippen LogP contribution in [0.2, 0.25) is 0 Å². The normalized spacial score (nSPS) is 11.9. The highest BCUT2D eigenvalue weighted by molar-refractivity contribution is 7.90. The van der Waals surface area contributed by atoms with Crippen molar-refractivity contribution in [3.05, 3.63) is 60.2 Å². The molecule has 0 aliphatic heterocycles. The van der Waals surface area contributed by atoms with E-state index in [9.17, 15) is 13.2 Å². The fourth-order valence-electron chi connectivity index (χ4n) is 2.22. The van der Waals surface area contributed by atoms with E-state index in [1.807, 2.05) is 30.3 Å². The number of carbonyl (C=O) groups is 1. The molecule has 0 bridgehead atoms. The Hall–Kier alpha value is -2.09. The van der Waals surface area contributed by atoms with E-state index < -0.39 is 15.9 Å². The Morgan fingerprint density at radius 1 is 1.12 bits per heavy atom. The molecule has 0 aliphatic rings. The Morgan fingerprint density at radius 2 is 1.73 bits per heavy atom. The van der Waals surface area contributed by atoms with Crippen molar-refractivity contribution >= 4 is 28.2 Å². The zero-order valence-corrected chi connectivity index (χ0v) is 16.1. The summed E-state index contributed by atoms with van der Waals surface area (Å²) in [6.45, 7) is 0.581. The van der Waals surface area contributed by atoms with E-state index in [1.165, 1.54) is 12.1 Å². The largest absolute Gasteiger partial charge is 0.492 e. The lowest BCUT2D eigenvalue weighted by Gasteiger charge is -2.13. The first-order valence-corrected chi connectivity index (χ1v) is 9.75. The van der Waals surface area contributed by atoms with E-state index in [1.54, 1.807) is 12.1 Å². The summed E-state index contributed by atoms with van der Waals surface area (Å²) in [5.74, 6) is 0.301. The molecule has 0 unspecified atom stereocenters. The zero-order valence-electron chi connectivity index (χ0n) is 14.4. The second-order valence-electron chi connectivity index (χ2n) is 5.68. The van der Waals surface area contributed by atoms with Crippen LogP contribution in [0.3, 0.4) is 0 Å². The quantitative estimate of drug-likeness (QED) is 0.658. The number of nitrogens with two attached hydrogens (primary N) is 1. The number of nitrogens with one attached hydrogen (secondary N) is 1. The highest BCUT2D eigenvalue weighted by Gasteiger charge is 2.13. The molecule has 2 aromatic carbocycles. The Labute approximate surface area is 160 Å². The first kappa shape index (κ1) is 22.0. The summed E-state index contributed by atoms with van der Waals surface area (Å²) in [6, 6.07) is 15.1. The summed E-state index contributed by atoms with van der Waals surface area (Å²) in [4.78, 5) is 12.2. The fourth-order valence-corrected chi connectivity index (χ4v) is 2.85. The highest BCUT2D eigenvalue weighted by Crippen LogP contribution is 2.15. The number of hydrogen-bond acceptors (Lipinski definition) is 5. The molecule has 2 rings (SSSR count). The van der Waals surface area contributed by atoms with Crippen molar-refractivity contribution in [1.29, 1.82) is 0 Å². The monoisotopic (exact) mass is 398 g/mol. The Morgan fingerprint density at radius 3 is 2.31 bits per heavy atom. The molecule has 3 N–H and O–H groups in total. The fraction of sp³-hybridized carbons (Fsp3) is 0.278. The van der Waals surface area contributed by atoms with Crippen LogP contribution in [0, 0.1) is 0 Å². The van der Waals surface area contributed by atoms with Gasteiger partial charge < -0.3 is 15.8 Å². The SMILES string of the molecule is CS(=O)(=O)c1ccc(OCCNC(=O)[C@@H](N)Cc2ccccc2)cc1.Cl. The van der Waals surface area contributed by atoms with Crippen LogP contribution < -0.4 is 15.8 Å². The third kappa shape index (κ3) is 7.03. The molecule has 1 amide bonds. The molecule has 0 aromatic heterocycles. The number of sulfone groups is 1. The van der Waals surface area contributed by atoms with Gasteiger partial charge in [0.25, 0.3) is 0 Å². The van der Waals surface area contributed by atoms with E-state index >= 15 is 0 Å². The van der Waals surface area contributed by atoms with Crippen molar-refractivity contribution in [2.24, 2.45) is 5.73 Å². The predicted octanol–water partition coefficient (Wildman–Crippen LogP) is 1.58. The number of benzene rings is 2. The van der Waals surface area contributed by atoms with Gasteiger partial charge in [-0.2, -0.15) is 0 Å². The number of hydrogen-bond donors (Lipinski definition) is 2. The molecule has 0 spiro atoms. The Balaban J connectivity index is 0.00000338. The maximum Gasteiger partial charge on any atom is 0.237 e. The van der Waals surface area contributed by atoms with Crippen LogP contribution >= 0.6 is 12.4 Å². The van der Waals surface area contributed by atoms with Gasteiger partial charge >= 0.3 is 0 Å². The molecule has 0 radical (unpaired) electrons. The van der Waals surface area contributed by atoms with E-state index in [2.05, 4.69) is 5.32 Å². The molecule has 0 fully saturated rings. The van der Waals surface area contributed by atoms with Gasteiger partial charge in [0.2, 0.25) is 5.91 Å². The van der Waals surface area contributed by atoms with Gasteiger partial charge in [0.15, 0.2) is 9.84 Å². The molecule has 0 heterocycles. The molecular weight excluding hydrogens is 376 g/mol. The van der Waals surface area contributed by atoms with E-state index in [4.69, 9.17) is 10.5 Å². The van der Waals surface area contributed by atoms with Gasteiger partial charge in [-0.05, 0) is 36.2 Å². The third-order valence-electron chi connectivity index (χ3n) is 3.56. The summed E-state index contributed by atoms with van der Waals surface area (Å²) in [5.41, 5.74) is 6.90. The Bertz CT molecular complexity index is 796. The average molecular weight is 399 g/mol. The van der Waals surface area contributed by atoms with Gasteiger partial charge in [0, 0.05) is 6.26 Å². The number of carbonyl (C=O) groups excluding carboxylic acids is 1. The first-order chi connectivity index (χ1) is 11.9. The minimum Gasteiger partial charge on any atom is -0.492 e. The molecule has 8 heteroatoms. The molecule has 0 saturated carbocycles. The van der Waals surface area contributed by atoms with Gasteiger partial charge in [0.05, 0.1) is 17.5 Å². The summed E-state index contributed by atoms with van der Waals surface area (Å²) in [5, 5.41) is 2.72. The third-order valence-corrected chi connectivity index (χ3v) is 4.69. The maximum absolute atomic E-state index is 12.0. The second kappa shape index (κ2) is 10.2.